The van der Waals surface area contributed by atoms with Crippen LogP contribution < -0.4 is 5.32 Å². The Bertz CT molecular complexity index is 269. The summed E-state index contributed by atoms with van der Waals surface area (Å²) in [5.41, 5.74) is 0. The van der Waals surface area contributed by atoms with Gasteiger partial charge in [-0.1, -0.05) is 6.92 Å². The number of hydrogen-bond donors (Lipinski definition) is 1. The molecule has 0 fully saturated rings. The summed E-state index contributed by atoms with van der Waals surface area (Å²) in [4.78, 5) is 23.2. The number of alkyl halides is 3. The maximum atomic E-state index is 11.8. The lowest BCUT2D eigenvalue weighted by atomic mass is 10.4. The van der Waals surface area contributed by atoms with E-state index in [1.165, 1.54) is 7.05 Å². The highest BCUT2D eigenvalue weighted by Gasteiger charge is 2.30. The van der Waals surface area contributed by atoms with Crippen molar-refractivity contribution in [3.05, 3.63) is 0 Å². The predicted molar refractivity (Wildman–Crippen MR) is 53.3 cm³/mol. The minimum Gasteiger partial charge on any atom is -0.440 e. The highest BCUT2D eigenvalue weighted by molar-refractivity contribution is 5.81. The molecule has 0 atom stereocenters. The van der Waals surface area contributed by atoms with Crippen LogP contribution in [0.1, 0.15) is 13.3 Å². The fourth-order valence-corrected chi connectivity index (χ4v) is 0.992. The molecule has 100 valence electrons. The molecule has 1 N–H and O–H groups in total. The number of carbonyl (C=O) groups excluding carboxylic acids is 2. The van der Waals surface area contributed by atoms with Crippen molar-refractivity contribution in [2.45, 2.75) is 19.5 Å². The standard InChI is InChI=1S/C9H15F3N2O3/c1-3-4-14(5-7(15)13-2)8(16)17-6-9(10,11)12/h3-6H2,1-2H3,(H,13,15). The lowest BCUT2D eigenvalue weighted by molar-refractivity contribution is -0.162. The molecule has 5 nitrogen and oxygen atoms in total. The number of rotatable bonds is 5. The Morgan fingerprint density at radius 1 is 1.35 bits per heavy atom. The van der Waals surface area contributed by atoms with Gasteiger partial charge in [0.15, 0.2) is 6.61 Å². The molecule has 8 heteroatoms. The highest BCUT2D eigenvalue weighted by atomic mass is 19.4. The summed E-state index contributed by atoms with van der Waals surface area (Å²) < 4.78 is 39.5. The Morgan fingerprint density at radius 2 is 1.94 bits per heavy atom. The van der Waals surface area contributed by atoms with Crippen LogP contribution in [0.15, 0.2) is 0 Å². The second-order valence-corrected chi connectivity index (χ2v) is 3.26. The van der Waals surface area contributed by atoms with Crippen LogP contribution in [0, 0.1) is 0 Å². The van der Waals surface area contributed by atoms with Crippen molar-refractivity contribution in [1.82, 2.24) is 10.2 Å². The molecule has 0 heterocycles. The lowest BCUT2D eigenvalue weighted by Crippen LogP contribution is -2.41. The maximum absolute atomic E-state index is 11.8. The first-order valence-corrected chi connectivity index (χ1v) is 4.99. The summed E-state index contributed by atoms with van der Waals surface area (Å²) in [7, 11) is 1.37. The Hall–Kier alpha value is -1.47. The number of halogens is 3. The van der Waals surface area contributed by atoms with Gasteiger partial charge in [-0.15, -0.1) is 0 Å². The van der Waals surface area contributed by atoms with Gasteiger partial charge in [0.2, 0.25) is 5.91 Å². The molecule has 0 aromatic carbocycles. The Labute approximate surface area is 96.9 Å². The normalized spacial score (nSPS) is 10.9. The summed E-state index contributed by atoms with van der Waals surface area (Å²) in [5, 5.41) is 2.27. The fraction of sp³-hybridized carbons (Fsp3) is 0.778. The van der Waals surface area contributed by atoms with E-state index in [4.69, 9.17) is 0 Å². The van der Waals surface area contributed by atoms with Crippen molar-refractivity contribution in [3.8, 4) is 0 Å². The second kappa shape index (κ2) is 6.97. The van der Waals surface area contributed by atoms with Gasteiger partial charge in [-0.25, -0.2) is 4.79 Å². The third kappa shape index (κ3) is 7.42. The van der Waals surface area contributed by atoms with Crippen LogP contribution in [-0.2, 0) is 9.53 Å². The SMILES string of the molecule is CCCN(CC(=O)NC)C(=O)OCC(F)(F)F. The van der Waals surface area contributed by atoms with Crippen molar-refractivity contribution in [1.29, 1.82) is 0 Å². The van der Waals surface area contributed by atoms with Crippen LogP contribution >= 0.6 is 0 Å². The molecule has 0 rings (SSSR count). The molecule has 0 radical (unpaired) electrons. The van der Waals surface area contributed by atoms with Crippen molar-refractivity contribution in [3.63, 3.8) is 0 Å². The molecule has 2 amide bonds. The fourth-order valence-electron chi connectivity index (χ4n) is 0.992. The average Bonchev–Trinajstić information content (AvgIpc) is 2.24. The van der Waals surface area contributed by atoms with E-state index in [0.717, 1.165) is 4.90 Å². The number of carbonyl (C=O) groups is 2. The summed E-state index contributed by atoms with van der Waals surface area (Å²) in [6, 6.07) is 0. The Kier molecular flexibility index (Phi) is 6.37. The lowest BCUT2D eigenvalue weighted by Gasteiger charge is -2.20. The van der Waals surface area contributed by atoms with Crippen molar-refractivity contribution < 1.29 is 27.5 Å². The summed E-state index contributed by atoms with van der Waals surface area (Å²) >= 11 is 0. The molecule has 0 bridgehead atoms. The summed E-state index contributed by atoms with van der Waals surface area (Å²) in [5.74, 6) is -0.470. The highest BCUT2D eigenvalue weighted by Crippen LogP contribution is 2.15. The number of nitrogens with zero attached hydrogens (tertiary/aromatic N) is 1. The zero-order valence-electron chi connectivity index (χ0n) is 9.63. The zero-order valence-corrected chi connectivity index (χ0v) is 9.63. The van der Waals surface area contributed by atoms with Crippen LogP contribution in [0.3, 0.4) is 0 Å². The van der Waals surface area contributed by atoms with Crippen molar-refractivity contribution in [2.75, 3.05) is 26.7 Å². The summed E-state index contributed by atoms with van der Waals surface area (Å²) in [6.07, 6.45) is -5.20. The first-order valence-electron chi connectivity index (χ1n) is 4.99. The largest absolute Gasteiger partial charge is 0.440 e. The number of ether oxygens (including phenoxy) is 1. The molecule has 17 heavy (non-hydrogen) atoms. The molecular weight excluding hydrogens is 241 g/mol. The minimum atomic E-state index is -4.57. The van der Waals surface area contributed by atoms with E-state index in [-0.39, 0.29) is 13.1 Å². The van der Waals surface area contributed by atoms with Crippen LogP contribution in [0.4, 0.5) is 18.0 Å². The van der Waals surface area contributed by atoms with Crippen molar-refractivity contribution in [2.24, 2.45) is 0 Å². The quantitative estimate of drug-likeness (QED) is 0.802. The van der Waals surface area contributed by atoms with E-state index in [2.05, 4.69) is 10.1 Å². The van der Waals surface area contributed by atoms with Gasteiger partial charge in [0.05, 0.1) is 0 Å². The van der Waals surface area contributed by atoms with Crippen LogP contribution in [-0.4, -0.2) is 49.8 Å². The van der Waals surface area contributed by atoms with E-state index >= 15 is 0 Å². The molecule has 0 unspecified atom stereocenters. The average molecular weight is 256 g/mol. The number of amides is 2. The smallest absolute Gasteiger partial charge is 0.422 e. The van der Waals surface area contributed by atoms with Gasteiger partial charge in [0.1, 0.15) is 6.54 Å². The molecule has 0 aliphatic carbocycles. The van der Waals surface area contributed by atoms with Gasteiger partial charge >= 0.3 is 12.3 Å². The second-order valence-electron chi connectivity index (χ2n) is 3.26. The van der Waals surface area contributed by atoms with Crippen LogP contribution in [0.2, 0.25) is 0 Å². The Morgan fingerprint density at radius 3 is 2.35 bits per heavy atom. The molecule has 0 aliphatic rings. The molecule has 0 spiro atoms. The first-order chi connectivity index (χ1) is 7.80. The molecule has 0 saturated heterocycles. The monoisotopic (exact) mass is 256 g/mol. The molecule has 0 aliphatic heterocycles. The predicted octanol–water partition coefficient (Wildman–Crippen LogP) is 1.14. The molecule has 0 aromatic heterocycles. The van der Waals surface area contributed by atoms with Crippen LogP contribution in [0.5, 0.6) is 0 Å². The van der Waals surface area contributed by atoms with Gasteiger partial charge in [-0.05, 0) is 6.42 Å². The maximum Gasteiger partial charge on any atom is 0.422 e. The molecular formula is C9H15F3N2O3. The summed E-state index contributed by atoms with van der Waals surface area (Å²) in [6.45, 7) is -0.0845. The number of nitrogens with one attached hydrogen (secondary N) is 1. The van der Waals surface area contributed by atoms with Gasteiger partial charge in [0.25, 0.3) is 0 Å². The van der Waals surface area contributed by atoms with E-state index in [9.17, 15) is 22.8 Å². The first kappa shape index (κ1) is 15.5. The van der Waals surface area contributed by atoms with Crippen molar-refractivity contribution >= 4 is 12.0 Å². The van der Waals surface area contributed by atoms with E-state index in [1.54, 1.807) is 6.92 Å². The minimum absolute atomic E-state index is 0.157. The third-order valence-corrected chi connectivity index (χ3v) is 1.72. The molecule has 0 saturated carbocycles. The van der Waals surface area contributed by atoms with Crippen LogP contribution in [0.25, 0.3) is 0 Å². The third-order valence-electron chi connectivity index (χ3n) is 1.72. The zero-order chi connectivity index (χ0) is 13.5. The van der Waals surface area contributed by atoms with E-state index in [0.29, 0.717) is 6.42 Å². The van der Waals surface area contributed by atoms with Gasteiger partial charge in [-0.3, -0.25) is 9.69 Å². The van der Waals surface area contributed by atoms with Gasteiger partial charge < -0.3 is 10.1 Å². The van der Waals surface area contributed by atoms with E-state index in [1.807, 2.05) is 0 Å². The van der Waals surface area contributed by atoms with Gasteiger partial charge in [0, 0.05) is 13.6 Å². The van der Waals surface area contributed by atoms with E-state index < -0.39 is 24.8 Å². The molecule has 0 aromatic rings. The topological polar surface area (TPSA) is 58.6 Å². The number of likely N-dealkylation sites (N-methyl/N-ethyl adjacent to an activating group) is 1. The van der Waals surface area contributed by atoms with Gasteiger partial charge in [-0.2, -0.15) is 13.2 Å². The number of hydrogen-bond acceptors (Lipinski definition) is 3. The Balaban J connectivity index is 4.29.